The third-order valence-electron chi connectivity index (χ3n) is 3.62. The van der Waals surface area contributed by atoms with Gasteiger partial charge in [0.1, 0.15) is 0 Å². The van der Waals surface area contributed by atoms with Crippen molar-refractivity contribution in [1.29, 1.82) is 0 Å². The zero-order valence-electron chi connectivity index (χ0n) is 12.4. The molecule has 1 aliphatic heterocycles. The molecule has 1 aromatic carbocycles. The minimum absolute atomic E-state index is 0.391. The Bertz CT molecular complexity index is 501. The zero-order chi connectivity index (χ0) is 15.0. The fourth-order valence-corrected chi connectivity index (χ4v) is 1.98. The molecule has 0 aromatic heterocycles. The molecule has 1 unspecified atom stereocenters. The van der Waals surface area contributed by atoms with Gasteiger partial charge in [-0.15, -0.1) is 0 Å². The highest BCUT2D eigenvalue weighted by molar-refractivity contribution is 7.37. The lowest BCUT2D eigenvalue weighted by molar-refractivity contribution is -0.0908. The molecule has 0 N–H and O–H groups in total. The van der Waals surface area contributed by atoms with E-state index in [1.807, 2.05) is 39.8 Å². The first-order valence-electron chi connectivity index (χ1n) is 6.42. The van der Waals surface area contributed by atoms with Crippen molar-refractivity contribution in [3.8, 4) is 5.75 Å². The summed E-state index contributed by atoms with van der Waals surface area (Å²) in [7, 11) is -2.27. The van der Waals surface area contributed by atoms with E-state index < -0.39 is 26.3 Å². The van der Waals surface area contributed by atoms with Gasteiger partial charge in [0.2, 0.25) is 0 Å². The Balaban J connectivity index is 2.14. The van der Waals surface area contributed by atoms with Gasteiger partial charge in [0.15, 0.2) is 12.4 Å². The summed E-state index contributed by atoms with van der Waals surface area (Å²) in [5, 5.41) is 0. The maximum absolute atomic E-state index is 10.9. The molecule has 1 saturated heterocycles. The predicted octanol–water partition coefficient (Wildman–Crippen LogP) is 2.67. The summed E-state index contributed by atoms with van der Waals surface area (Å²) in [5.74, 6) is 0.461. The maximum atomic E-state index is 10.9. The van der Waals surface area contributed by atoms with Crippen LogP contribution in [0.15, 0.2) is 24.3 Å². The number of rotatable bonds is 4. The van der Waals surface area contributed by atoms with Crippen LogP contribution in [0.3, 0.4) is 0 Å². The topological polar surface area (TPSA) is 54.0 Å². The van der Waals surface area contributed by atoms with Gasteiger partial charge >= 0.3 is 15.1 Å². The first-order chi connectivity index (χ1) is 9.21. The highest BCUT2D eigenvalue weighted by Gasteiger charge is 2.51. The smallest absolute Gasteiger partial charge is 0.399 e. The van der Waals surface area contributed by atoms with E-state index in [1.165, 1.54) is 6.66 Å². The van der Waals surface area contributed by atoms with Crippen molar-refractivity contribution in [3.63, 3.8) is 0 Å². The first kappa shape index (κ1) is 15.5. The fourth-order valence-electron chi connectivity index (χ4n) is 1.79. The van der Waals surface area contributed by atoms with Crippen molar-refractivity contribution < 1.29 is 23.4 Å². The summed E-state index contributed by atoms with van der Waals surface area (Å²) in [5.41, 5.74) is 0.0475. The van der Waals surface area contributed by atoms with Crippen molar-refractivity contribution >= 4 is 20.6 Å². The van der Waals surface area contributed by atoms with E-state index >= 15 is 0 Å². The molecular weight excluding hydrogens is 278 g/mol. The summed E-state index contributed by atoms with van der Waals surface area (Å²) < 4.78 is 27.4. The quantitative estimate of drug-likeness (QED) is 0.370. The number of hydrogen-bond donors (Lipinski definition) is 0. The molecule has 20 heavy (non-hydrogen) atoms. The molecule has 2 rings (SSSR count). The molecule has 1 aliphatic rings. The van der Waals surface area contributed by atoms with Crippen LogP contribution >= 0.6 is 8.03 Å². The Labute approximate surface area is 120 Å². The van der Waals surface area contributed by atoms with Gasteiger partial charge in [-0.25, -0.2) is 0 Å². The summed E-state index contributed by atoms with van der Waals surface area (Å²) in [6.45, 7) is 9.42. The van der Waals surface area contributed by atoms with Crippen LogP contribution in [0.5, 0.6) is 5.75 Å². The highest BCUT2D eigenvalue weighted by atomic mass is 31.1. The Hall–Kier alpha value is -0.935. The third-order valence-corrected chi connectivity index (χ3v) is 3.91. The van der Waals surface area contributed by atoms with Crippen molar-refractivity contribution in [2.24, 2.45) is 0 Å². The minimum Gasteiger partial charge on any atom is -0.399 e. The van der Waals surface area contributed by atoms with Crippen LogP contribution in [0, 0.1) is 0 Å². The van der Waals surface area contributed by atoms with Gasteiger partial charge in [-0.2, -0.15) is 0 Å². The Kier molecular flexibility index (Phi) is 4.21. The second-order valence-corrected chi connectivity index (χ2v) is 6.79. The fraction of sp³-hybridized carbons (Fsp3) is 0.538. The lowest BCUT2D eigenvalue weighted by Crippen LogP contribution is -2.41. The predicted molar refractivity (Wildman–Crippen MR) is 77.4 cm³/mol. The highest BCUT2D eigenvalue weighted by Crippen LogP contribution is 2.36. The molecule has 0 bridgehead atoms. The molecule has 0 aliphatic carbocycles. The first-order valence-corrected chi connectivity index (χ1v) is 8.05. The lowest BCUT2D eigenvalue weighted by atomic mass is 9.79. The zero-order valence-corrected chi connectivity index (χ0v) is 13.3. The summed E-state index contributed by atoms with van der Waals surface area (Å²) >= 11 is 0. The van der Waals surface area contributed by atoms with Gasteiger partial charge in [-0.1, -0.05) is 12.1 Å². The molecule has 0 amide bonds. The van der Waals surface area contributed by atoms with Gasteiger partial charge in [-0.05, 0) is 49.9 Å². The molecule has 0 radical (unpaired) electrons. The summed E-state index contributed by atoms with van der Waals surface area (Å²) in [4.78, 5) is 4.98. The van der Waals surface area contributed by atoms with E-state index in [9.17, 15) is 4.57 Å². The summed E-state index contributed by atoms with van der Waals surface area (Å²) in [6.07, 6.45) is 0. The Morgan fingerprint density at radius 2 is 1.75 bits per heavy atom. The molecule has 108 valence electrons. The molecule has 1 aromatic rings. The van der Waals surface area contributed by atoms with E-state index in [4.69, 9.17) is 14.2 Å². The van der Waals surface area contributed by atoms with Crippen molar-refractivity contribution in [2.75, 3.05) is 6.66 Å². The summed E-state index contributed by atoms with van der Waals surface area (Å²) in [6, 6.07) is 7.16. The second-order valence-electron chi connectivity index (χ2n) is 5.76. The molecule has 1 atom stereocenters. The van der Waals surface area contributed by atoms with Crippen molar-refractivity contribution in [1.82, 2.24) is 0 Å². The standard InChI is InChI=1S/C13H19BO5P/c1-12(2)13(3,4)18-14(17-12)10-7-6-8-11(9-10)16-19-20(5)15/h6-9H,1-5H3/q+1. The molecule has 7 heteroatoms. The van der Waals surface area contributed by atoms with E-state index in [0.29, 0.717) is 5.75 Å². The van der Waals surface area contributed by atoms with Crippen molar-refractivity contribution in [2.45, 2.75) is 38.9 Å². The maximum Gasteiger partial charge on any atom is 0.550 e. The second kappa shape index (κ2) is 5.45. The van der Waals surface area contributed by atoms with E-state index in [-0.39, 0.29) is 0 Å². The van der Waals surface area contributed by atoms with E-state index in [0.717, 1.165) is 5.46 Å². The van der Waals surface area contributed by atoms with Crippen LogP contribution < -0.4 is 10.4 Å². The van der Waals surface area contributed by atoms with Crippen molar-refractivity contribution in [3.05, 3.63) is 24.3 Å². The number of hydrogen-bond acceptors (Lipinski definition) is 5. The van der Waals surface area contributed by atoms with Gasteiger partial charge in [0.25, 0.3) is 0 Å². The average molecular weight is 297 g/mol. The number of benzene rings is 1. The third kappa shape index (κ3) is 3.21. The Morgan fingerprint density at radius 1 is 1.15 bits per heavy atom. The molecule has 1 heterocycles. The normalized spacial score (nSPS) is 20.9. The van der Waals surface area contributed by atoms with Crippen LogP contribution in [0.1, 0.15) is 27.7 Å². The average Bonchev–Trinajstić information content (AvgIpc) is 2.56. The molecule has 5 nitrogen and oxygen atoms in total. The monoisotopic (exact) mass is 297 g/mol. The molecule has 0 saturated carbocycles. The molecule has 1 fully saturated rings. The largest absolute Gasteiger partial charge is 0.550 e. The van der Waals surface area contributed by atoms with Gasteiger partial charge in [0.05, 0.1) is 15.9 Å². The van der Waals surface area contributed by atoms with Crippen LogP contribution in [0.25, 0.3) is 0 Å². The van der Waals surface area contributed by atoms with E-state index in [1.54, 1.807) is 12.1 Å². The lowest BCUT2D eigenvalue weighted by Gasteiger charge is -2.32. The van der Waals surface area contributed by atoms with Crippen LogP contribution in [-0.4, -0.2) is 25.0 Å². The SMILES string of the molecule is C[P+](=O)OOc1cccc(B2OC(C)(C)C(C)(C)O2)c1. The van der Waals surface area contributed by atoms with Crippen LogP contribution in [-0.2, 0) is 18.5 Å². The molecule has 0 spiro atoms. The van der Waals surface area contributed by atoms with Crippen LogP contribution in [0.2, 0.25) is 0 Å². The van der Waals surface area contributed by atoms with Gasteiger partial charge in [-0.3, -0.25) is 4.89 Å². The van der Waals surface area contributed by atoms with Gasteiger partial charge < -0.3 is 9.31 Å². The van der Waals surface area contributed by atoms with E-state index in [2.05, 4.69) is 4.67 Å². The Morgan fingerprint density at radius 3 is 2.30 bits per heavy atom. The van der Waals surface area contributed by atoms with Crippen LogP contribution in [0.4, 0.5) is 0 Å². The molecular formula is C13H19BO5P+. The van der Waals surface area contributed by atoms with Gasteiger partial charge in [0, 0.05) is 0 Å². The minimum atomic E-state index is -1.81.